The van der Waals surface area contributed by atoms with Gasteiger partial charge in [0.2, 0.25) is 0 Å². The summed E-state index contributed by atoms with van der Waals surface area (Å²) < 4.78 is 15.7. The molecule has 0 aromatic heterocycles. The molecule has 0 saturated heterocycles. The third kappa shape index (κ3) is 7.73. The maximum Gasteiger partial charge on any atom is 0.251 e. The standard InChI is InChI=1S/C23H32N4O4/c1-5-24-23(26-13-12-17-6-11-20(30-3)21(16-17)31-4)27-15-14-25-22(28)18-7-9-19(29-2)10-8-18/h6-11,16H,5,12-15H2,1-4H3,(H,25,28)(H2,24,26,27). The molecule has 0 bridgehead atoms. The largest absolute Gasteiger partial charge is 0.497 e. The quantitative estimate of drug-likeness (QED) is 0.289. The Kier molecular flexibility index (Phi) is 10.0. The predicted molar refractivity (Wildman–Crippen MR) is 123 cm³/mol. The number of carbonyl (C=O) groups is 1. The molecule has 2 aromatic carbocycles. The van der Waals surface area contributed by atoms with Crippen LogP contribution in [0.4, 0.5) is 0 Å². The van der Waals surface area contributed by atoms with Gasteiger partial charge in [-0.3, -0.25) is 9.79 Å². The van der Waals surface area contributed by atoms with Crippen molar-refractivity contribution in [1.82, 2.24) is 16.0 Å². The SMILES string of the molecule is CCNC(=NCCc1ccc(OC)c(OC)c1)NCCNC(=O)c1ccc(OC)cc1. The molecule has 3 N–H and O–H groups in total. The second-order valence-corrected chi connectivity index (χ2v) is 6.61. The Morgan fingerprint density at radius 3 is 2.23 bits per heavy atom. The minimum absolute atomic E-state index is 0.125. The number of guanidine groups is 1. The molecule has 2 rings (SSSR count). The van der Waals surface area contributed by atoms with Crippen molar-refractivity contribution in [2.75, 3.05) is 47.5 Å². The van der Waals surface area contributed by atoms with E-state index in [0.29, 0.717) is 42.7 Å². The van der Waals surface area contributed by atoms with Gasteiger partial charge in [0.05, 0.1) is 21.3 Å². The number of aliphatic imine (C=N–C) groups is 1. The lowest BCUT2D eigenvalue weighted by Gasteiger charge is -2.12. The van der Waals surface area contributed by atoms with Crippen LogP contribution in [0.3, 0.4) is 0 Å². The third-order valence-corrected chi connectivity index (χ3v) is 4.52. The van der Waals surface area contributed by atoms with E-state index in [1.807, 2.05) is 25.1 Å². The second kappa shape index (κ2) is 13.0. The van der Waals surface area contributed by atoms with Gasteiger partial charge in [0.25, 0.3) is 5.91 Å². The van der Waals surface area contributed by atoms with Crippen molar-refractivity contribution in [1.29, 1.82) is 0 Å². The van der Waals surface area contributed by atoms with Gasteiger partial charge in [-0.05, 0) is 55.3 Å². The summed E-state index contributed by atoms with van der Waals surface area (Å²) in [6.07, 6.45) is 0.769. The van der Waals surface area contributed by atoms with Crippen molar-refractivity contribution in [3.8, 4) is 17.2 Å². The van der Waals surface area contributed by atoms with Crippen LogP contribution in [-0.2, 0) is 6.42 Å². The van der Waals surface area contributed by atoms with Crippen molar-refractivity contribution in [3.63, 3.8) is 0 Å². The summed E-state index contributed by atoms with van der Waals surface area (Å²) in [5.74, 6) is 2.72. The molecule has 0 unspecified atom stereocenters. The van der Waals surface area contributed by atoms with Crippen molar-refractivity contribution >= 4 is 11.9 Å². The average Bonchev–Trinajstić information content (AvgIpc) is 2.81. The number of methoxy groups -OCH3 is 3. The first-order valence-corrected chi connectivity index (χ1v) is 10.3. The fraction of sp³-hybridized carbons (Fsp3) is 0.391. The molecule has 0 aliphatic rings. The molecular formula is C23H32N4O4. The van der Waals surface area contributed by atoms with E-state index in [1.54, 1.807) is 45.6 Å². The Labute approximate surface area is 184 Å². The van der Waals surface area contributed by atoms with Crippen molar-refractivity contribution < 1.29 is 19.0 Å². The van der Waals surface area contributed by atoms with Gasteiger partial charge in [-0.25, -0.2) is 0 Å². The molecule has 0 spiro atoms. The van der Waals surface area contributed by atoms with Gasteiger partial charge >= 0.3 is 0 Å². The minimum atomic E-state index is -0.125. The lowest BCUT2D eigenvalue weighted by molar-refractivity contribution is 0.0954. The summed E-state index contributed by atoms with van der Waals surface area (Å²) >= 11 is 0. The zero-order valence-electron chi connectivity index (χ0n) is 18.7. The maximum absolute atomic E-state index is 12.2. The zero-order chi connectivity index (χ0) is 22.5. The molecular weight excluding hydrogens is 396 g/mol. The van der Waals surface area contributed by atoms with Crippen LogP contribution in [0.25, 0.3) is 0 Å². The van der Waals surface area contributed by atoms with Crippen LogP contribution in [0.5, 0.6) is 17.2 Å². The first-order chi connectivity index (χ1) is 15.1. The van der Waals surface area contributed by atoms with E-state index in [4.69, 9.17) is 14.2 Å². The Morgan fingerprint density at radius 2 is 1.58 bits per heavy atom. The number of carbonyl (C=O) groups excluding carboxylic acids is 1. The molecule has 168 valence electrons. The predicted octanol–water partition coefficient (Wildman–Crippen LogP) is 2.24. The van der Waals surface area contributed by atoms with Gasteiger partial charge in [-0.2, -0.15) is 0 Å². The van der Waals surface area contributed by atoms with Crippen LogP contribution in [0, 0.1) is 0 Å². The van der Waals surface area contributed by atoms with E-state index in [2.05, 4.69) is 20.9 Å². The minimum Gasteiger partial charge on any atom is -0.497 e. The molecule has 0 fully saturated rings. The maximum atomic E-state index is 12.2. The average molecular weight is 429 g/mol. The van der Waals surface area contributed by atoms with Crippen LogP contribution in [0.15, 0.2) is 47.5 Å². The highest BCUT2D eigenvalue weighted by atomic mass is 16.5. The van der Waals surface area contributed by atoms with E-state index in [-0.39, 0.29) is 5.91 Å². The van der Waals surface area contributed by atoms with Gasteiger partial charge < -0.3 is 30.2 Å². The first-order valence-electron chi connectivity index (χ1n) is 10.3. The second-order valence-electron chi connectivity index (χ2n) is 6.61. The topological polar surface area (TPSA) is 93.2 Å². The number of ether oxygens (including phenoxy) is 3. The summed E-state index contributed by atoms with van der Waals surface area (Å²) in [7, 11) is 4.84. The van der Waals surface area contributed by atoms with Crippen LogP contribution in [0.2, 0.25) is 0 Å². The molecule has 0 aliphatic carbocycles. The summed E-state index contributed by atoms with van der Waals surface area (Å²) in [5, 5.41) is 9.33. The van der Waals surface area contributed by atoms with Crippen LogP contribution in [-0.4, -0.2) is 59.4 Å². The third-order valence-electron chi connectivity index (χ3n) is 4.52. The summed E-state index contributed by atoms with van der Waals surface area (Å²) in [4.78, 5) is 16.8. The fourth-order valence-electron chi connectivity index (χ4n) is 2.88. The molecule has 8 nitrogen and oxygen atoms in total. The highest BCUT2D eigenvalue weighted by molar-refractivity contribution is 5.94. The zero-order valence-corrected chi connectivity index (χ0v) is 18.7. The summed E-state index contributed by atoms with van der Waals surface area (Å²) in [5.41, 5.74) is 1.71. The lowest BCUT2D eigenvalue weighted by atomic mass is 10.1. The molecule has 1 amide bonds. The van der Waals surface area contributed by atoms with E-state index >= 15 is 0 Å². The molecule has 0 saturated carbocycles. The molecule has 0 atom stereocenters. The number of rotatable bonds is 11. The smallest absolute Gasteiger partial charge is 0.251 e. The fourth-order valence-corrected chi connectivity index (χ4v) is 2.88. The number of nitrogens with one attached hydrogen (secondary N) is 3. The number of hydrogen-bond acceptors (Lipinski definition) is 5. The molecule has 0 radical (unpaired) electrons. The summed E-state index contributed by atoms with van der Waals surface area (Å²) in [6.45, 7) is 4.41. The molecule has 0 heterocycles. The van der Waals surface area contributed by atoms with Crippen LogP contribution in [0.1, 0.15) is 22.8 Å². The van der Waals surface area contributed by atoms with Crippen molar-refractivity contribution in [2.24, 2.45) is 4.99 Å². The van der Waals surface area contributed by atoms with Crippen LogP contribution < -0.4 is 30.2 Å². The number of nitrogens with zero attached hydrogens (tertiary/aromatic N) is 1. The molecule has 8 heteroatoms. The Balaban J connectivity index is 1.79. The lowest BCUT2D eigenvalue weighted by Crippen LogP contribution is -2.41. The highest BCUT2D eigenvalue weighted by Gasteiger charge is 2.06. The number of hydrogen-bond donors (Lipinski definition) is 3. The highest BCUT2D eigenvalue weighted by Crippen LogP contribution is 2.27. The number of amides is 1. The Morgan fingerprint density at radius 1 is 0.871 bits per heavy atom. The van der Waals surface area contributed by atoms with Crippen molar-refractivity contribution in [3.05, 3.63) is 53.6 Å². The van der Waals surface area contributed by atoms with Gasteiger partial charge in [-0.15, -0.1) is 0 Å². The van der Waals surface area contributed by atoms with Crippen LogP contribution >= 0.6 is 0 Å². The normalized spacial score (nSPS) is 10.9. The van der Waals surface area contributed by atoms with E-state index in [1.165, 1.54) is 0 Å². The van der Waals surface area contributed by atoms with E-state index in [9.17, 15) is 4.79 Å². The van der Waals surface area contributed by atoms with Gasteiger partial charge in [0.15, 0.2) is 17.5 Å². The molecule has 0 aliphatic heterocycles. The summed E-state index contributed by atoms with van der Waals surface area (Å²) in [6, 6.07) is 12.9. The van der Waals surface area contributed by atoms with Gasteiger partial charge in [0, 0.05) is 31.7 Å². The Hall–Kier alpha value is -3.42. The van der Waals surface area contributed by atoms with E-state index < -0.39 is 0 Å². The van der Waals surface area contributed by atoms with E-state index in [0.717, 1.165) is 24.3 Å². The number of benzene rings is 2. The van der Waals surface area contributed by atoms with Gasteiger partial charge in [-0.1, -0.05) is 6.07 Å². The van der Waals surface area contributed by atoms with Gasteiger partial charge in [0.1, 0.15) is 5.75 Å². The van der Waals surface area contributed by atoms with Crippen molar-refractivity contribution in [2.45, 2.75) is 13.3 Å². The molecule has 2 aromatic rings. The first kappa shape index (κ1) is 23.9. The monoisotopic (exact) mass is 428 g/mol. The molecule has 31 heavy (non-hydrogen) atoms. The Bertz CT molecular complexity index is 853.